The van der Waals surface area contributed by atoms with Crippen molar-refractivity contribution in [3.05, 3.63) is 63.6 Å². The second-order valence-corrected chi connectivity index (χ2v) is 5.81. The van der Waals surface area contributed by atoms with Crippen LogP contribution in [-0.4, -0.2) is 13.1 Å². The molecule has 114 valence electrons. The number of halogens is 1. The molecule has 0 saturated carbocycles. The fraction of sp³-hybridized carbons (Fsp3) is 0.167. The maximum atomic E-state index is 12.0. The SMILES string of the molecule is COc1ccc(C=CC(=O)Oc2c(C)cc(Br)cc2C)cc1. The molecule has 0 amide bonds. The molecule has 0 N–H and O–H groups in total. The van der Waals surface area contributed by atoms with Gasteiger partial charge in [-0.1, -0.05) is 28.1 Å². The standard InChI is InChI=1S/C18H17BrO3/c1-12-10-15(19)11-13(2)18(12)22-17(20)9-6-14-4-7-16(21-3)8-5-14/h4-11H,1-3H3. The van der Waals surface area contributed by atoms with E-state index in [1.807, 2.05) is 50.2 Å². The molecule has 22 heavy (non-hydrogen) atoms. The molecule has 2 aromatic carbocycles. The average Bonchev–Trinajstić information content (AvgIpc) is 2.49. The normalized spacial score (nSPS) is 10.7. The molecule has 0 fully saturated rings. The number of carbonyl (C=O) groups excluding carboxylic acids is 1. The Balaban J connectivity index is 2.08. The van der Waals surface area contributed by atoms with Gasteiger partial charge in [-0.15, -0.1) is 0 Å². The van der Waals surface area contributed by atoms with Gasteiger partial charge in [0.05, 0.1) is 7.11 Å². The number of benzene rings is 2. The summed E-state index contributed by atoms with van der Waals surface area (Å²) >= 11 is 3.42. The molecule has 0 aromatic heterocycles. The molecule has 4 heteroatoms. The molecule has 2 aromatic rings. The van der Waals surface area contributed by atoms with Gasteiger partial charge in [-0.25, -0.2) is 4.79 Å². The van der Waals surface area contributed by atoms with Crippen molar-refractivity contribution < 1.29 is 14.3 Å². The third kappa shape index (κ3) is 4.21. The van der Waals surface area contributed by atoms with E-state index in [0.717, 1.165) is 26.9 Å². The molecule has 0 atom stereocenters. The van der Waals surface area contributed by atoms with Crippen molar-refractivity contribution in [2.45, 2.75) is 13.8 Å². The fourth-order valence-electron chi connectivity index (χ4n) is 2.07. The van der Waals surface area contributed by atoms with Crippen molar-refractivity contribution >= 4 is 28.0 Å². The fourth-order valence-corrected chi connectivity index (χ4v) is 2.76. The molecule has 0 saturated heterocycles. The summed E-state index contributed by atoms with van der Waals surface area (Å²) in [6.45, 7) is 3.82. The van der Waals surface area contributed by atoms with Gasteiger partial charge in [0.25, 0.3) is 0 Å². The van der Waals surface area contributed by atoms with E-state index < -0.39 is 5.97 Å². The van der Waals surface area contributed by atoms with Crippen molar-refractivity contribution in [1.82, 2.24) is 0 Å². The van der Waals surface area contributed by atoms with Gasteiger partial charge in [0, 0.05) is 10.5 Å². The van der Waals surface area contributed by atoms with Crippen molar-refractivity contribution in [1.29, 1.82) is 0 Å². The largest absolute Gasteiger partial charge is 0.497 e. The molecule has 0 spiro atoms. The lowest BCUT2D eigenvalue weighted by molar-refractivity contribution is -0.129. The van der Waals surface area contributed by atoms with E-state index in [2.05, 4.69) is 15.9 Å². The molecule has 0 bridgehead atoms. The van der Waals surface area contributed by atoms with E-state index in [0.29, 0.717) is 5.75 Å². The molecule has 3 nitrogen and oxygen atoms in total. The summed E-state index contributed by atoms with van der Waals surface area (Å²) in [5, 5.41) is 0. The number of hydrogen-bond donors (Lipinski definition) is 0. The average molecular weight is 361 g/mol. The van der Waals surface area contributed by atoms with E-state index in [1.165, 1.54) is 6.08 Å². The predicted molar refractivity (Wildman–Crippen MR) is 91.3 cm³/mol. The first-order chi connectivity index (χ1) is 10.5. The zero-order valence-corrected chi connectivity index (χ0v) is 14.3. The van der Waals surface area contributed by atoms with E-state index in [-0.39, 0.29) is 0 Å². The zero-order valence-electron chi connectivity index (χ0n) is 12.7. The highest BCUT2D eigenvalue weighted by molar-refractivity contribution is 9.10. The first kappa shape index (κ1) is 16.3. The molecular formula is C18H17BrO3. The Kier molecular flexibility index (Phi) is 5.39. The van der Waals surface area contributed by atoms with Crippen molar-refractivity contribution in [3.63, 3.8) is 0 Å². The molecule has 0 aliphatic rings. The van der Waals surface area contributed by atoms with Crippen LogP contribution in [0.15, 0.2) is 46.9 Å². The summed E-state index contributed by atoms with van der Waals surface area (Å²) in [5.74, 6) is 0.984. The Morgan fingerprint density at radius 3 is 2.23 bits per heavy atom. The van der Waals surface area contributed by atoms with E-state index in [1.54, 1.807) is 13.2 Å². The van der Waals surface area contributed by atoms with Gasteiger partial charge in [0.2, 0.25) is 0 Å². The molecule has 0 radical (unpaired) electrons. The first-order valence-electron chi connectivity index (χ1n) is 6.80. The third-order valence-corrected chi connectivity index (χ3v) is 3.61. The quantitative estimate of drug-likeness (QED) is 0.450. The van der Waals surface area contributed by atoms with E-state index in [9.17, 15) is 4.79 Å². The van der Waals surface area contributed by atoms with Gasteiger partial charge in [-0.2, -0.15) is 0 Å². The minimum absolute atomic E-state index is 0.399. The summed E-state index contributed by atoms with van der Waals surface area (Å²) in [6.07, 6.45) is 3.13. The highest BCUT2D eigenvalue weighted by Gasteiger charge is 2.08. The van der Waals surface area contributed by atoms with Crippen LogP contribution in [0.1, 0.15) is 16.7 Å². The summed E-state index contributed by atoms with van der Waals surface area (Å²) in [5.41, 5.74) is 2.73. The smallest absolute Gasteiger partial charge is 0.336 e. The zero-order chi connectivity index (χ0) is 16.1. The summed E-state index contributed by atoms with van der Waals surface area (Å²) in [7, 11) is 1.62. The maximum absolute atomic E-state index is 12.0. The van der Waals surface area contributed by atoms with Gasteiger partial charge in [0.1, 0.15) is 11.5 Å². The maximum Gasteiger partial charge on any atom is 0.336 e. The van der Waals surface area contributed by atoms with Crippen LogP contribution in [0.4, 0.5) is 0 Å². The number of esters is 1. The molecular weight excluding hydrogens is 344 g/mol. The van der Waals surface area contributed by atoms with Gasteiger partial charge in [-0.3, -0.25) is 0 Å². The van der Waals surface area contributed by atoms with Crippen LogP contribution in [-0.2, 0) is 4.79 Å². The predicted octanol–water partition coefficient (Wildman–Crippen LogP) is 4.69. The van der Waals surface area contributed by atoms with Crippen molar-refractivity contribution in [2.75, 3.05) is 7.11 Å². The Morgan fingerprint density at radius 1 is 1.09 bits per heavy atom. The summed E-state index contributed by atoms with van der Waals surface area (Å²) in [6, 6.07) is 11.3. The van der Waals surface area contributed by atoms with Crippen LogP contribution < -0.4 is 9.47 Å². The highest BCUT2D eigenvalue weighted by Crippen LogP contribution is 2.27. The van der Waals surface area contributed by atoms with E-state index in [4.69, 9.17) is 9.47 Å². The number of ether oxygens (including phenoxy) is 2. The Labute approximate surface area is 138 Å². The lowest BCUT2D eigenvalue weighted by Crippen LogP contribution is -2.06. The van der Waals surface area contributed by atoms with Crippen LogP contribution in [0, 0.1) is 13.8 Å². The van der Waals surface area contributed by atoms with Crippen LogP contribution >= 0.6 is 15.9 Å². The molecule has 0 aliphatic heterocycles. The number of carbonyl (C=O) groups is 1. The van der Waals surface area contributed by atoms with Gasteiger partial charge < -0.3 is 9.47 Å². The van der Waals surface area contributed by atoms with Crippen LogP contribution in [0.5, 0.6) is 11.5 Å². The number of aryl methyl sites for hydroxylation is 2. The van der Waals surface area contributed by atoms with E-state index >= 15 is 0 Å². The monoisotopic (exact) mass is 360 g/mol. The summed E-state index contributed by atoms with van der Waals surface area (Å²) in [4.78, 5) is 12.0. The Morgan fingerprint density at radius 2 is 1.68 bits per heavy atom. The van der Waals surface area contributed by atoms with Crippen molar-refractivity contribution in [2.24, 2.45) is 0 Å². The van der Waals surface area contributed by atoms with Crippen LogP contribution in [0.2, 0.25) is 0 Å². The lowest BCUT2D eigenvalue weighted by atomic mass is 10.1. The third-order valence-electron chi connectivity index (χ3n) is 3.16. The topological polar surface area (TPSA) is 35.5 Å². The second-order valence-electron chi connectivity index (χ2n) is 4.90. The summed E-state index contributed by atoms with van der Waals surface area (Å²) < 4.78 is 11.5. The highest BCUT2D eigenvalue weighted by atomic mass is 79.9. The number of hydrogen-bond acceptors (Lipinski definition) is 3. The van der Waals surface area contributed by atoms with Gasteiger partial charge >= 0.3 is 5.97 Å². The molecule has 0 unspecified atom stereocenters. The van der Waals surface area contributed by atoms with Crippen LogP contribution in [0.3, 0.4) is 0 Å². The van der Waals surface area contributed by atoms with Crippen LogP contribution in [0.25, 0.3) is 6.08 Å². The number of rotatable bonds is 4. The first-order valence-corrected chi connectivity index (χ1v) is 7.59. The van der Waals surface area contributed by atoms with Gasteiger partial charge in [0.15, 0.2) is 0 Å². The second kappa shape index (κ2) is 7.27. The molecule has 0 heterocycles. The Hall–Kier alpha value is -2.07. The molecule has 2 rings (SSSR count). The Bertz CT molecular complexity index is 680. The number of methoxy groups -OCH3 is 1. The molecule has 0 aliphatic carbocycles. The lowest BCUT2D eigenvalue weighted by Gasteiger charge is -2.09. The minimum atomic E-state index is -0.399. The van der Waals surface area contributed by atoms with Gasteiger partial charge in [-0.05, 0) is 60.9 Å². The van der Waals surface area contributed by atoms with Crippen molar-refractivity contribution in [3.8, 4) is 11.5 Å². The minimum Gasteiger partial charge on any atom is -0.497 e.